The van der Waals surface area contributed by atoms with E-state index in [4.69, 9.17) is 5.73 Å². The van der Waals surface area contributed by atoms with Crippen LogP contribution in [-0.2, 0) is 11.2 Å². The van der Waals surface area contributed by atoms with Crippen molar-refractivity contribution in [2.75, 3.05) is 30.8 Å². The van der Waals surface area contributed by atoms with Crippen LogP contribution >= 0.6 is 0 Å². The van der Waals surface area contributed by atoms with E-state index in [1.165, 1.54) is 6.33 Å². The van der Waals surface area contributed by atoms with Crippen LogP contribution in [0.1, 0.15) is 32.8 Å². The Morgan fingerprint density at radius 1 is 1.35 bits per heavy atom. The second-order valence-electron chi connectivity index (χ2n) is 5.75. The summed E-state index contributed by atoms with van der Waals surface area (Å²) in [6, 6.07) is 0. The molecule has 1 fully saturated rings. The van der Waals surface area contributed by atoms with Crippen molar-refractivity contribution in [3.05, 3.63) is 11.9 Å². The Kier molecular flexibility index (Phi) is 3.83. The van der Waals surface area contributed by atoms with Gasteiger partial charge in [0, 0.05) is 25.7 Å². The number of hydrogen-bond donors (Lipinski definition) is 1. The fourth-order valence-electron chi connectivity index (χ4n) is 2.72. The van der Waals surface area contributed by atoms with Gasteiger partial charge in [0.05, 0.1) is 0 Å². The van der Waals surface area contributed by atoms with Gasteiger partial charge in [0.2, 0.25) is 5.91 Å². The van der Waals surface area contributed by atoms with Gasteiger partial charge in [-0.3, -0.25) is 4.79 Å². The van der Waals surface area contributed by atoms with Crippen LogP contribution < -0.4 is 10.6 Å². The first-order valence-corrected chi connectivity index (χ1v) is 7.02. The summed E-state index contributed by atoms with van der Waals surface area (Å²) in [7, 11) is 1.84. The van der Waals surface area contributed by atoms with Crippen LogP contribution in [-0.4, -0.2) is 46.5 Å². The van der Waals surface area contributed by atoms with Gasteiger partial charge < -0.3 is 15.5 Å². The predicted octanol–water partition coefficient (Wildman–Crippen LogP) is 1.07. The third-order valence-electron chi connectivity index (χ3n) is 3.92. The van der Waals surface area contributed by atoms with Crippen LogP contribution in [0.3, 0.4) is 0 Å². The van der Waals surface area contributed by atoms with Crippen molar-refractivity contribution >= 4 is 17.5 Å². The van der Waals surface area contributed by atoms with E-state index in [0.717, 1.165) is 30.8 Å². The molecule has 6 heteroatoms. The summed E-state index contributed by atoms with van der Waals surface area (Å²) in [6.07, 6.45) is 3.26. The second-order valence-corrected chi connectivity index (χ2v) is 5.75. The van der Waals surface area contributed by atoms with Crippen molar-refractivity contribution in [3.8, 4) is 0 Å². The number of nitrogens with zero attached hydrogens (tertiary/aromatic N) is 4. The average molecular weight is 277 g/mol. The molecule has 6 nitrogen and oxygen atoms in total. The van der Waals surface area contributed by atoms with Crippen LogP contribution in [0.4, 0.5) is 11.6 Å². The lowest BCUT2D eigenvalue weighted by atomic mass is 9.96. The first kappa shape index (κ1) is 14.6. The topological polar surface area (TPSA) is 75.3 Å². The molecule has 20 heavy (non-hydrogen) atoms. The number of likely N-dealkylation sites (N-methyl/N-ethyl adjacent to an activating group) is 1. The smallest absolute Gasteiger partial charge is 0.247 e. The third kappa shape index (κ3) is 2.30. The van der Waals surface area contributed by atoms with Crippen molar-refractivity contribution in [2.24, 2.45) is 0 Å². The largest absolute Gasteiger partial charge is 0.383 e. The minimum atomic E-state index is -0.615. The quantitative estimate of drug-likeness (QED) is 0.894. The third-order valence-corrected chi connectivity index (χ3v) is 3.92. The molecule has 1 amide bonds. The van der Waals surface area contributed by atoms with E-state index in [1.54, 1.807) is 4.90 Å². The van der Waals surface area contributed by atoms with Crippen LogP contribution in [0, 0.1) is 0 Å². The second kappa shape index (κ2) is 5.26. The molecule has 1 aliphatic heterocycles. The van der Waals surface area contributed by atoms with Gasteiger partial charge in [0.15, 0.2) is 0 Å². The van der Waals surface area contributed by atoms with Gasteiger partial charge in [0.1, 0.15) is 23.5 Å². The minimum absolute atomic E-state index is 0.100. The lowest BCUT2D eigenvalue weighted by Crippen LogP contribution is -2.62. The maximum atomic E-state index is 12.4. The maximum absolute atomic E-state index is 12.4. The molecule has 0 atom stereocenters. The monoisotopic (exact) mass is 277 g/mol. The molecule has 1 aromatic rings. The normalized spacial score (nSPS) is 18.5. The van der Waals surface area contributed by atoms with E-state index in [0.29, 0.717) is 12.4 Å². The van der Waals surface area contributed by atoms with Crippen molar-refractivity contribution in [1.29, 1.82) is 0 Å². The number of nitrogen functional groups attached to an aromatic ring is 1. The van der Waals surface area contributed by atoms with E-state index in [9.17, 15) is 4.79 Å². The van der Waals surface area contributed by atoms with Gasteiger partial charge in [-0.05, 0) is 20.3 Å². The number of rotatable bonds is 3. The summed E-state index contributed by atoms with van der Waals surface area (Å²) in [4.78, 5) is 24.7. The number of anilines is 2. The predicted molar refractivity (Wildman–Crippen MR) is 79.5 cm³/mol. The van der Waals surface area contributed by atoms with Gasteiger partial charge in [-0.1, -0.05) is 13.3 Å². The van der Waals surface area contributed by atoms with Crippen LogP contribution in [0.5, 0.6) is 0 Å². The van der Waals surface area contributed by atoms with Gasteiger partial charge in [-0.2, -0.15) is 0 Å². The standard InChI is InChI=1S/C14H23N5O/c1-5-6-10-11(15)16-9-17-12(10)19-8-7-18(4)13(20)14(19,2)3/h9H,5-8H2,1-4H3,(H2,15,16,17). The molecular weight excluding hydrogens is 254 g/mol. The molecule has 0 saturated carbocycles. The highest BCUT2D eigenvalue weighted by Gasteiger charge is 2.42. The van der Waals surface area contributed by atoms with Gasteiger partial charge in [-0.15, -0.1) is 0 Å². The minimum Gasteiger partial charge on any atom is -0.383 e. The lowest BCUT2D eigenvalue weighted by Gasteiger charge is -2.46. The molecule has 0 bridgehead atoms. The maximum Gasteiger partial charge on any atom is 0.247 e. The van der Waals surface area contributed by atoms with Crippen LogP contribution in [0.25, 0.3) is 0 Å². The van der Waals surface area contributed by atoms with Crippen molar-refractivity contribution in [1.82, 2.24) is 14.9 Å². The summed E-state index contributed by atoms with van der Waals surface area (Å²) in [6.45, 7) is 7.40. The summed E-state index contributed by atoms with van der Waals surface area (Å²) < 4.78 is 0. The molecule has 1 aliphatic rings. The fourth-order valence-corrected chi connectivity index (χ4v) is 2.72. The van der Waals surface area contributed by atoms with Gasteiger partial charge >= 0.3 is 0 Å². The number of carbonyl (C=O) groups excluding carboxylic acids is 1. The number of amides is 1. The van der Waals surface area contributed by atoms with E-state index < -0.39 is 5.54 Å². The number of piperazine rings is 1. The highest BCUT2D eigenvalue weighted by atomic mass is 16.2. The Morgan fingerprint density at radius 3 is 2.70 bits per heavy atom. The Balaban J connectivity index is 2.46. The van der Waals surface area contributed by atoms with Crippen molar-refractivity contribution in [2.45, 2.75) is 39.2 Å². The summed E-state index contributed by atoms with van der Waals surface area (Å²) in [5, 5.41) is 0. The summed E-state index contributed by atoms with van der Waals surface area (Å²) in [5.41, 5.74) is 6.32. The molecule has 2 N–H and O–H groups in total. The number of carbonyl (C=O) groups is 1. The highest BCUT2D eigenvalue weighted by Crippen LogP contribution is 2.31. The Bertz CT molecular complexity index is 514. The molecule has 1 aromatic heterocycles. The Morgan fingerprint density at radius 2 is 2.05 bits per heavy atom. The molecule has 110 valence electrons. The van der Waals surface area contributed by atoms with E-state index >= 15 is 0 Å². The number of nitrogens with two attached hydrogens (primary N) is 1. The zero-order valence-corrected chi connectivity index (χ0v) is 12.7. The summed E-state index contributed by atoms with van der Waals surface area (Å²) in [5.74, 6) is 1.41. The SMILES string of the molecule is CCCc1c(N)ncnc1N1CCN(C)C(=O)C1(C)C. The van der Waals surface area contributed by atoms with E-state index in [1.807, 2.05) is 20.9 Å². The van der Waals surface area contributed by atoms with Gasteiger partial charge in [0.25, 0.3) is 0 Å². The van der Waals surface area contributed by atoms with Crippen LogP contribution in [0.15, 0.2) is 6.33 Å². The molecule has 0 aromatic carbocycles. The molecular formula is C14H23N5O. The lowest BCUT2D eigenvalue weighted by molar-refractivity contribution is -0.136. The molecule has 1 saturated heterocycles. The van der Waals surface area contributed by atoms with E-state index in [2.05, 4.69) is 21.8 Å². The fraction of sp³-hybridized carbons (Fsp3) is 0.643. The Labute approximate surface area is 120 Å². The first-order chi connectivity index (χ1) is 9.39. The van der Waals surface area contributed by atoms with Crippen LogP contribution in [0.2, 0.25) is 0 Å². The first-order valence-electron chi connectivity index (χ1n) is 7.02. The highest BCUT2D eigenvalue weighted by molar-refractivity contribution is 5.90. The zero-order chi connectivity index (χ0) is 14.9. The number of hydrogen-bond acceptors (Lipinski definition) is 5. The molecule has 2 heterocycles. The number of aromatic nitrogens is 2. The molecule has 0 unspecified atom stereocenters. The Hall–Kier alpha value is -1.85. The molecule has 0 radical (unpaired) electrons. The van der Waals surface area contributed by atoms with Crippen molar-refractivity contribution in [3.63, 3.8) is 0 Å². The van der Waals surface area contributed by atoms with E-state index in [-0.39, 0.29) is 5.91 Å². The molecule has 0 spiro atoms. The van der Waals surface area contributed by atoms with Crippen molar-refractivity contribution < 1.29 is 4.79 Å². The molecule has 2 rings (SSSR count). The average Bonchev–Trinajstić information content (AvgIpc) is 2.39. The van der Waals surface area contributed by atoms with Gasteiger partial charge in [-0.25, -0.2) is 9.97 Å². The molecule has 0 aliphatic carbocycles. The summed E-state index contributed by atoms with van der Waals surface area (Å²) >= 11 is 0. The zero-order valence-electron chi connectivity index (χ0n) is 12.7.